The highest BCUT2D eigenvalue weighted by Gasteiger charge is 2.19. The van der Waals surface area contributed by atoms with Crippen molar-refractivity contribution >= 4 is 16.9 Å². The van der Waals surface area contributed by atoms with Crippen LogP contribution in [-0.2, 0) is 0 Å². The molecule has 3 heteroatoms. The van der Waals surface area contributed by atoms with E-state index in [2.05, 4.69) is 10.3 Å². The average Bonchev–Trinajstić information content (AvgIpc) is 1.99. The lowest BCUT2D eigenvalue weighted by atomic mass is 9.93. The van der Waals surface area contributed by atoms with Crippen molar-refractivity contribution in [3.63, 3.8) is 0 Å². The van der Waals surface area contributed by atoms with Gasteiger partial charge in [0.25, 0.3) is 0 Å². The maximum Gasteiger partial charge on any atom is 0.156 e. The monoisotopic (exact) mass is 170 g/mol. The number of hydrogen-bond donors (Lipinski definition) is 1. The van der Waals surface area contributed by atoms with Crippen LogP contribution in [0.15, 0.2) is 4.99 Å². The fourth-order valence-corrected chi connectivity index (χ4v) is 2.17. The lowest BCUT2D eigenvalue weighted by Crippen LogP contribution is -2.39. The summed E-state index contributed by atoms with van der Waals surface area (Å²) in [4.78, 5) is 4.42. The molecule has 0 saturated heterocycles. The van der Waals surface area contributed by atoms with Gasteiger partial charge >= 0.3 is 0 Å². The fraction of sp³-hybridized carbons (Fsp3) is 0.875. The van der Waals surface area contributed by atoms with Gasteiger partial charge in [-0.25, -0.2) is 0 Å². The van der Waals surface area contributed by atoms with E-state index in [-0.39, 0.29) is 0 Å². The Morgan fingerprint density at radius 3 is 2.82 bits per heavy atom. The minimum Gasteiger partial charge on any atom is -0.362 e. The molecule has 2 aliphatic rings. The van der Waals surface area contributed by atoms with E-state index in [9.17, 15) is 0 Å². The maximum absolute atomic E-state index is 4.42. The lowest BCUT2D eigenvalue weighted by molar-refractivity contribution is 0.385. The summed E-state index contributed by atoms with van der Waals surface area (Å²) in [5, 5.41) is 4.66. The van der Waals surface area contributed by atoms with Crippen LogP contribution in [0, 0.1) is 0 Å². The van der Waals surface area contributed by atoms with Crippen molar-refractivity contribution < 1.29 is 0 Å². The van der Waals surface area contributed by atoms with Gasteiger partial charge in [-0.3, -0.25) is 4.99 Å². The third-order valence-electron chi connectivity index (χ3n) is 2.23. The Labute approximate surface area is 71.9 Å². The van der Waals surface area contributed by atoms with Crippen LogP contribution in [0.25, 0.3) is 0 Å². The van der Waals surface area contributed by atoms with Crippen LogP contribution in [0.4, 0.5) is 0 Å². The van der Waals surface area contributed by atoms with E-state index < -0.39 is 0 Å². The van der Waals surface area contributed by atoms with Crippen molar-refractivity contribution in [3.8, 4) is 0 Å². The van der Waals surface area contributed by atoms with E-state index in [1.165, 1.54) is 36.6 Å². The van der Waals surface area contributed by atoms with Crippen LogP contribution in [-0.4, -0.2) is 23.5 Å². The van der Waals surface area contributed by atoms with E-state index in [0.717, 1.165) is 12.6 Å². The average molecular weight is 170 g/mol. The summed E-state index contributed by atoms with van der Waals surface area (Å²) < 4.78 is 0. The SMILES string of the molecule is C1CN=C(NC2CCC2)SC1. The first kappa shape index (κ1) is 7.47. The lowest BCUT2D eigenvalue weighted by Gasteiger charge is -2.28. The van der Waals surface area contributed by atoms with Gasteiger partial charge in [0.2, 0.25) is 0 Å². The van der Waals surface area contributed by atoms with Crippen LogP contribution in [0.1, 0.15) is 25.7 Å². The zero-order valence-electron chi connectivity index (χ0n) is 6.68. The number of nitrogens with one attached hydrogen (secondary N) is 1. The molecular formula is C8H14N2S. The van der Waals surface area contributed by atoms with Crippen molar-refractivity contribution in [2.45, 2.75) is 31.7 Å². The first-order valence-corrected chi connectivity index (χ1v) is 5.37. The summed E-state index contributed by atoms with van der Waals surface area (Å²) >= 11 is 1.88. The number of aliphatic imine (C=N–C) groups is 1. The van der Waals surface area contributed by atoms with Gasteiger partial charge in [0.1, 0.15) is 0 Å². The summed E-state index contributed by atoms with van der Waals surface area (Å²) in [7, 11) is 0. The zero-order valence-corrected chi connectivity index (χ0v) is 7.49. The second-order valence-electron chi connectivity index (χ2n) is 3.16. The summed E-state index contributed by atoms with van der Waals surface area (Å²) in [6, 6.07) is 0.749. The predicted octanol–water partition coefficient (Wildman–Crippen LogP) is 1.62. The van der Waals surface area contributed by atoms with Crippen LogP contribution >= 0.6 is 11.8 Å². The van der Waals surface area contributed by atoms with Gasteiger partial charge in [-0.05, 0) is 25.7 Å². The highest BCUT2D eigenvalue weighted by Crippen LogP contribution is 2.20. The number of thioether (sulfide) groups is 1. The van der Waals surface area contributed by atoms with Crippen LogP contribution in [0.3, 0.4) is 0 Å². The smallest absolute Gasteiger partial charge is 0.156 e. The Bertz CT molecular complexity index is 163. The summed E-state index contributed by atoms with van der Waals surface area (Å²) in [5.41, 5.74) is 0. The highest BCUT2D eigenvalue weighted by atomic mass is 32.2. The molecule has 0 radical (unpaired) electrons. The number of nitrogens with zero attached hydrogens (tertiary/aromatic N) is 1. The third-order valence-corrected chi connectivity index (χ3v) is 3.24. The number of amidine groups is 1. The Hall–Kier alpha value is -0.180. The van der Waals surface area contributed by atoms with Gasteiger partial charge in [0.15, 0.2) is 5.17 Å². The molecule has 1 aliphatic heterocycles. The molecule has 0 atom stereocenters. The first-order chi connectivity index (χ1) is 5.45. The maximum atomic E-state index is 4.42. The Morgan fingerprint density at radius 1 is 1.36 bits per heavy atom. The van der Waals surface area contributed by atoms with E-state index in [0.29, 0.717) is 0 Å². The highest BCUT2D eigenvalue weighted by molar-refractivity contribution is 8.13. The van der Waals surface area contributed by atoms with Gasteiger partial charge in [-0.2, -0.15) is 0 Å². The van der Waals surface area contributed by atoms with Crippen molar-refractivity contribution in [2.24, 2.45) is 4.99 Å². The fourth-order valence-electron chi connectivity index (χ4n) is 1.27. The Balaban J connectivity index is 1.79. The molecule has 0 aromatic rings. The first-order valence-electron chi connectivity index (χ1n) is 4.39. The normalized spacial score (nSPS) is 25.6. The molecule has 0 aromatic heterocycles. The molecule has 2 rings (SSSR count). The molecule has 0 aromatic carbocycles. The molecule has 0 unspecified atom stereocenters. The third kappa shape index (κ3) is 1.89. The molecule has 1 fully saturated rings. The van der Waals surface area contributed by atoms with E-state index in [1.54, 1.807) is 0 Å². The van der Waals surface area contributed by atoms with Gasteiger partial charge in [-0.1, -0.05) is 11.8 Å². The zero-order chi connectivity index (χ0) is 7.52. The van der Waals surface area contributed by atoms with Crippen molar-refractivity contribution in [2.75, 3.05) is 12.3 Å². The minimum atomic E-state index is 0.749. The molecule has 62 valence electrons. The van der Waals surface area contributed by atoms with E-state index >= 15 is 0 Å². The molecule has 1 saturated carbocycles. The van der Waals surface area contributed by atoms with Crippen LogP contribution < -0.4 is 5.32 Å². The molecule has 1 aliphatic carbocycles. The quantitative estimate of drug-likeness (QED) is 0.646. The molecule has 0 amide bonds. The summed E-state index contributed by atoms with van der Waals surface area (Å²) in [6.45, 7) is 1.03. The molecule has 0 spiro atoms. The predicted molar refractivity (Wildman–Crippen MR) is 50.2 cm³/mol. The largest absolute Gasteiger partial charge is 0.362 e. The van der Waals surface area contributed by atoms with Gasteiger partial charge in [0.05, 0.1) is 0 Å². The number of rotatable bonds is 1. The molecule has 2 nitrogen and oxygen atoms in total. The van der Waals surface area contributed by atoms with Crippen LogP contribution in [0.2, 0.25) is 0 Å². The van der Waals surface area contributed by atoms with E-state index in [4.69, 9.17) is 0 Å². The van der Waals surface area contributed by atoms with Crippen molar-refractivity contribution in [1.82, 2.24) is 5.32 Å². The standard InChI is InChI=1S/C8H14N2S/c1-3-7(4-1)10-8-9-5-2-6-11-8/h7H,1-6H2,(H,9,10). The minimum absolute atomic E-state index is 0.749. The van der Waals surface area contributed by atoms with Crippen LogP contribution in [0.5, 0.6) is 0 Å². The summed E-state index contributed by atoms with van der Waals surface area (Å²) in [5.74, 6) is 1.25. The molecular weight excluding hydrogens is 156 g/mol. The Morgan fingerprint density at radius 2 is 2.27 bits per heavy atom. The summed E-state index contributed by atoms with van der Waals surface area (Å²) in [6.07, 6.45) is 5.34. The molecule has 0 bridgehead atoms. The van der Waals surface area contributed by atoms with Crippen molar-refractivity contribution in [3.05, 3.63) is 0 Å². The molecule has 11 heavy (non-hydrogen) atoms. The van der Waals surface area contributed by atoms with Gasteiger partial charge in [0, 0.05) is 18.3 Å². The van der Waals surface area contributed by atoms with Crippen molar-refractivity contribution in [1.29, 1.82) is 0 Å². The molecule has 1 N–H and O–H groups in total. The Kier molecular flexibility index (Phi) is 2.36. The van der Waals surface area contributed by atoms with E-state index in [1.807, 2.05) is 11.8 Å². The second-order valence-corrected chi connectivity index (χ2v) is 4.24. The second kappa shape index (κ2) is 3.48. The molecule has 1 heterocycles. The topological polar surface area (TPSA) is 24.4 Å². The number of hydrogen-bond acceptors (Lipinski definition) is 3. The van der Waals surface area contributed by atoms with Gasteiger partial charge < -0.3 is 5.32 Å². The van der Waals surface area contributed by atoms with Gasteiger partial charge in [-0.15, -0.1) is 0 Å².